The molecule has 2 heterocycles. The molecule has 8 heteroatoms. The third kappa shape index (κ3) is 2.75. The lowest BCUT2D eigenvalue weighted by Crippen LogP contribution is -2.15. The smallest absolute Gasteiger partial charge is 0.246 e. The summed E-state index contributed by atoms with van der Waals surface area (Å²) in [6.45, 7) is 0. The summed E-state index contributed by atoms with van der Waals surface area (Å²) in [6.07, 6.45) is 4.80. The molecule has 17 heavy (non-hydrogen) atoms. The van der Waals surface area contributed by atoms with Gasteiger partial charge in [0, 0.05) is 18.6 Å². The van der Waals surface area contributed by atoms with Crippen LogP contribution in [0.4, 0.5) is 5.69 Å². The lowest BCUT2D eigenvalue weighted by atomic mass is 10.4. The van der Waals surface area contributed by atoms with E-state index in [0.717, 1.165) is 0 Å². The SMILES string of the molecule is O=S(=O)(CCl)Nc1cccnc1-n1cccn1. The molecule has 2 aromatic rings. The van der Waals surface area contributed by atoms with E-state index in [0.29, 0.717) is 11.5 Å². The molecule has 0 fully saturated rings. The average molecular weight is 273 g/mol. The highest BCUT2D eigenvalue weighted by molar-refractivity contribution is 7.93. The maximum Gasteiger partial charge on any atom is 0.246 e. The van der Waals surface area contributed by atoms with Gasteiger partial charge in [-0.3, -0.25) is 4.72 Å². The highest BCUT2D eigenvalue weighted by Gasteiger charge is 2.13. The largest absolute Gasteiger partial charge is 0.279 e. The van der Waals surface area contributed by atoms with Gasteiger partial charge in [0.1, 0.15) is 5.21 Å². The summed E-state index contributed by atoms with van der Waals surface area (Å²) in [4.78, 5) is 4.07. The predicted molar refractivity (Wildman–Crippen MR) is 64.6 cm³/mol. The van der Waals surface area contributed by atoms with Gasteiger partial charge >= 0.3 is 0 Å². The summed E-state index contributed by atoms with van der Waals surface area (Å²) >= 11 is 5.33. The van der Waals surface area contributed by atoms with Gasteiger partial charge in [-0.2, -0.15) is 5.10 Å². The van der Waals surface area contributed by atoms with Crippen LogP contribution in [0.2, 0.25) is 0 Å². The lowest BCUT2D eigenvalue weighted by Gasteiger charge is -2.09. The second kappa shape index (κ2) is 4.72. The summed E-state index contributed by atoms with van der Waals surface area (Å²) in [5.74, 6) is 0.395. The Kier molecular flexibility index (Phi) is 3.30. The Morgan fingerprint density at radius 1 is 1.35 bits per heavy atom. The van der Waals surface area contributed by atoms with Gasteiger partial charge in [-0.25, -0.2) is 18.1 Å². The van der Waals surface area contributed by atoms with Crippen molar-refractivity contribution in [3.05, 3.63) is 36.8 Å². The fourth-order valence-electron chi connectivity index (χ4n) is 1.25. The predicted octanol–water partition coefficient (Wildman–Crippen LogP) is 1.21. The van der Waals surface area contributed by atoms with Crippen LogP contribution in [-0.2, 0) is 10.0 Å². The normalized spacial score (nSPS) is 11.4. The zero-order valence-corrected chi connectivity index (χ0v) is 10.2. The number of hydrogen-bond donors (Lipinski definition) is 1. The van der Waals surface area contributed by atoms with E-state index in [4.69, 9.17) is 11.6 Å². The first-order valence-electron chi connectivity index (χ1n) is 4.64. The van der Waals surface area contributed by atoms with Crippen LogP contribution >= 0.6 is 11.6 Å². The molecule has 0 atom stereocenters. The number of sulfonamides is 1. The number of nitrogens with one attached hydrogen (secondary N) is 1. The first-order valence-corrected chi connectivity index (χ1v) is 6.82. The van der Waals surface area contributed by atoms with E-state index >= 15 is 0 Å². The van der Waals surface area contributed by atoms with Gasteiger partial charge in [-0.1, -0.05) is 0 Å². The van der Waals surface area contributed by atoms with Crippen LogP contribution in [-0.4, -0.2) is 28.4 Å². The van der Waals surface area contributed by atoms with Gasteiger partial charge in [0.25, 0.3) is 0 Å². The molecule has 1 N–H and O–H groups in total. The number of anilines is 1. The molecule has 6 nitrogen and oxygen atoms in total. The van der Waals surface area contributed by atoms with Crippen molar-refractivity contribution in [1.29, 1.82) is 0 Å². The summed E-state index contributed by atoms with van der Waals surface area (Å²) in [5.41, 5.74) is 0.330. The van der Waals surface area contributed by atoms with Crippen LogP contribution < -0.4 is 4.72 Å². The van der Waals surface area contributed by atoms with Crippen molar-refractivity contribution in [2.24, 2.45) is 0 Å². The number of rotatable bonds is 4. The monoisotopic (exact) mass is 272 g/mol. The Morgan fingerprint density at radius 2 is 2.18 bits per heavy atom. The Balaban J connectivity index is 2.42. The van der Waals surface area contributed by atoms with Crippen molar-refractivity contribution in [2.75, 3.05) is 9.93 Å². The van der Waals surface area contributed by atoms with Gasteiger partial charge < -0.3 is 0 Å². The molecule has 0 radical (unpaired) electrons. The summed E-state index contributed by atoms with van der Waals surface area (Å²) in [6, 6.07) is 4.93. The molecule has 0 saturated carbocycles. The quantitative estimate of drug-likeness (QED) is 0.849. The van der Waals surface area contributed by atoms with Crippen molar-refractivity contribution < 1.29 is 8.42 Å². The second-order valence-electron chi connectivity index (χ2n) is 3.15. The average Bonchev–Trinajstić information content (AvgIpc) is 2.83. The molecule has 2 aromatic heterocycles. The number of pyridine rings is 1. The summed E-state index contributed by atoms with van der Waals surface area (Å²) in [5, 5.41) is 3.48. The van der Waals surface area contributed by atoms with Crippen LogP contribution in [0, 0.1) is 0 Å². The molecule has 2 rings (SSSR count). The van der Waals surface area contributed by atoms with Gasteiger partial charge in [0.2, 0.25) is 10.0 Å². The van der Waals surface area contributed by atoms with Crippen molar-refractivity contribution in [2.45, 2.75) is 0 Å². The Bertz CT molecular complexity index is 597. The van der Waals surface area contributed by atoms with Gasteiger partial charge in [-0.15, -0.1) is 11.6 Å². The number of halogens is 1. The third-order valence-electron chi connectivity index (χ3n) is 1.92. The molecule has 0 unspecified atom stereocenters. The number of nitrogens with zero attached hydrogens (tertiary/aromatic N) is 3. The summed E-state index contributed by atoms with van der Waals surface area (Å²) < 4.78 is 26.6. The Hall–Kier alpha value is -1.60. The zero-order chi connectivity index (χ0) is 12.3. The van der Waals surface area contributed by atoms with Crippen molar-refractivity contribution in [1.82, 2.24) is 14.8 Å². The van der Waals surface area contributed by atoms with Crippen LogP contribution in [0.5, 0.6) is 0 Å². The fourth-order valence-corrected chi connectivity index (χ4v) is 1.96. The molecule has 0 spiro atoms. The molecule has 0 saturated heterocycles. The maximum absolute atomic E-state index is 11.4. The van der Waals surface area contributed by atoms with Crippen LogP contribution in [0.25, 0.3) is 5.82 Å². The van der Waals surface area contributed by atoms with E-state index in [2.05, 4.69) is 14.8 Å². The second-order valence-corrected chi connectivity index (χ2v) is 5.46. The van der Waals surface area contributed by atoms with Gasteiger partial charge in [0.15, 0.2) is 5.82 Å². The van der Waals surface area contributed by atoms with E-state index in [1.165, 1.54) is 4.68 Å². The van der Waals surface area contributed by atoms with Gasteiger partial charge in [0.05, 0.1) is 5.69 Å². The first-order chi connectivity index (χ1) is 8.12. The minimum atomic E-state index is -3.55. The minimum absolute atomic E-state index is 0.330. The van der Waals surface area contributed by atoms with E-state index in [-0.39, 0.29) is 0 Å². The molecular weight excluding hydrogens is 264 g/mol. The highest BCUT2D eigenvalue weighted by Crippen LogP contribution is 2.17. The van der Waals surface area contributed by atoms with Gasteiger partial charge in [-0.05, 0) is 18.2 Å². The minimum Gasteiger partial charge on any atom is -0.279 e. The number of hydrogen-bond acceptors (Lipinski definition) is 4. The van der Waals surface area contributed by atoms with Crippen molar-refractivity contribution in [3.63, 3.8) is 0 Å². The van der Waals surface area contributed by atoms with Crippen LogP contribution in [0.1, 0.15) is 0 Å². The van der Waals surface area contributed by atoms with Crippen LogP contribution in [0.15, 0.2) is 36.8 Å². The number of aromatic nitrogens is 3. The molecule has 0 aliphatic rings. The lowest BCUT2D eigenvalue weighted by molar-refractivity contribution is 0.605. The molecule has 0 aliphatic carbocycles. The Morgan fingerprint density at radius 3 is 2.82 bits per heavy atom. The van der Waals surface area contributed by atoms with Crippen molar-refractivity contribution in [3.8, 4) is 5.82 Å². The van der Waals surface area contributed by atoms with E-state index < -0.39 is 15.2 Å². The topological polar surface area (TPSA) is 76.9 Å². The first kappa shape index (κ1) is 11.9. The van der Waals surface area contributed by atoms with Crippen molar-refractivity contribution >= 4 is 27.3 Å². The molecule has 0 aliphatic heterocycles. The standard InChI is InChI=1S/C9H9ClN4O2S/c10-7-17(15,16)13-8-3-1-4-11-9(8)14-6-2-5-12-14/h1-6,13H,7H2. The molecule has 0 aromatic carbocycles. The van der Waals surface area contributed by atoms with E-state index in [1.54, 1.807) is 36.8 Å². The molecule has 0 bridgehead atoms. The Labute approximate surface area is 103 Å². The zero-order valence-electron chi connectivity index (χ0n) is 8.62. The van der Waals surface area contributed by atoms with E-state index in [1.807, 2.05) is 0 Å². The molecular formula is C9H9ClN4O2S. The third-order valence-corrected chi connectivity index (χ3v) is 3.60. The highest BCUT2D eigenvalue weighted by atomic mass is 35.5. The maximum atomic E-state index is 11.4. The molecule has 0 amide bonds. The number of alkyl halides is 1. The molecule has 90 valence electrons. The van der Waals surface area contributed by atoms with E-state index in [9.17, 15) is 8.42 Å². The fraction of sp³-hybridized carbons (Fsp3) is 0.111. The summed E-state index contributed by atoms with van der Waals surface area (Å²) in [7, 11) is -3.55. The van der Waals surface area contributed by atoms with Crippen LogP contribution in [0.3, 0.4) is 0 Å².